The Morgan fingerprint density at radius 2 is 1.62 bits per heavy atom. The minimum atomic E-state index is -3.98. The summed E-state index contributed by atoms with van der Waals surface area (Å²) in [5.41, 5.74) is 0.202. The Bertz CT molecular complexity index is 475. The third-order valence-electron chi connectivity index (χ3n) is 5.49. The van der Waals surface area contributed by atoms with Gasteiger partial charge in [0.15, 0.2) is 0 Å². The molecular formula is C15H24O5S. The lowest BCUT2D eigenvalue weighted by atomic mass is 9.50. The zero-order valence-electron chi connectivity index (χ0n) is 12.3. The third-order valence-corrected chi connectivity index (χ3v) is 6.29. The lowest BCUT2D eigenvalue weighted by molar-refractivity contribution is -0.155. The lowest BCUT2D eigenvalue weighted by Gasteiger charge is -2.56. The van der Waals surface area contributed by atoms with Gasteiger partial charge in [-0.05, 0) is 62.7 Å². The van der Waals surface area contributed by atoms with E-state index in [0.717, 1.165) is 17.8 Å². The topological polar surface area (TPSA) is 80.7 Å². The molecule has 0 amide bonds. The van der Waals surface area contributed by atoms with Gasteiger partial charge in [-0.25, -0.2) is 0 Å². The first-order valence-electron chi connectivity index (χ1n) is 7.94. The number of esters is 1. The van der Waals surface area contributed by atoms with Gasteiger partial charge in [0.25, 0.3) is 10.1 Å². The molecule has 120 valence electrons. The van der Waals surface area contributed by atoms with E-state index in [2.05, 4.69) is 0 Å². The van der Waals surface area contributed by atoms with Gasteiger partial charge in [-0.1, -0.05) is 0 Å². The van der Waals surface area contributed by atoms with E-state index in [1.807, 2.05) is 0 Å². The van der Waals surface area contributed by atoms with Crippen LogP contribution in [0.4, 0.5) is 0 Å². The van der Waals surface area contributed by atoms with Crippen molar-refractivity contribution in [1.29, 1.82) is 0 Å². The van der Waals surface area contributed by atoms with Gasteiger partial charge >= 0.3 is 5.97 Å². The van der Waals surface area contributed by atoms with Gasteiger partial charge in [0.1, 0.15) is 0 Å². The van der Waals surface area contributed by atoms with Crippen molar-refractivity contribution in [3.63, 3.8) is 0 Å². The quantitative estimate of drug-likeness (QED) is 0.601. The largest absolute Gasteiger partial charge is 0.465 e. The normalized spacial score (nSPS) is 37.7. The van der Waals surface area contributed by atoms with Gasteiger partial charge in [0.2, 0.25) is 0 Å². The van der Waals surface area contributed by atoms with Crippen LogP contribution in [-0.4, -0.2) is 31.3 Å². The maximum atomic E-state index is 11.7. The van der Waals surface area contributed by atoms with E-state index in [1.54, 1.807) is 0 Å². The molecule has 0 aliphatic heterocycles. The molecule has 4 saturated carbocycles. The molecule has 4 fully saturated rings. The highest BCUT2D eigenvalue weighted by Gasteiger charge is 2.51. The molecule has 0 aromatic carbocycles. The SMILES string of the molecule is O=C(CCCS(=O)(=O)O)OCC12CC3CC(CC(C3)C1)C2. The van der Waals surface area contributed by atoms with Crippen LogP contribution < -0.4 is 0 Å². The summed E-state index contributed by atoms with van der Waals surface area (Å²) in [5.74, 6) is 1.77. The van der Waals surface area contributed by atoms with Crippen molar-refractivity contribution in [2.75, 3.05) is 12.4 Å². The zero-order chi connectivity index (χ0) is 15.1. The lowest BCUT2D eigenvalue weighted by Crippen LogP contribution is -2.48. The molecule has 21 heavy (non-hydrogen) atoms. The predicted molar refractivity (Wildman–Crippen MR) is 77.2 cm³/mol. The van der Waals surface area contributed by atoms with Gasteiger partial charge in [-0.3, -0.25) is 9.35 Å². The molecule has 6 heteroatoms. The summed E-state index contributed by atoms with van der Waals surface area (Å²) in [6.45, 7) is 0.501. The van der Waals surface area contributed by atoms with Crippen LogP contribution in [0.5, 0.6) is 0 Å². The highest BCUT2D eigenvalue weighted by atomic mass is 32.2. The summed E-state index contributed by atoms with van der Waals surface area (Å²) in [6.07, 6.45) is 7.85. The van der Waals surface area contributed by atoms with Gasteiger partial charge in [-0.2, -0.15) is 8.42 Å². The zero-order valence-corrected chi connectivity index (χ0v) is 13.1. The fourth-order valence-electron chi connectivity index (χ4n) is 5.17. The number of hydrogen-bond acceptors (Lipinski definition) is 4. The molecule has 4 aliphatic rings. The van der Waals surface area contributed by atoms with Crippen molar-refractivity contribution >= 4 is 16.1 Å². The van der Waals surface area contributed by atoms with Crippen molar-refractivity contribution in [3.8, 4) is 0 Å². The summed E-state index contributed by atoms with van der Waals surface area (Å²) in [7, 11) is -3.98. The summed E-state index contributed by atoms with van der Waals surface area (Å²) < 4.78 is 35.3. The van der Waals surface area contributed by atoms with Crippen molar-refractivity contribution in [2.45, 2.75) is 51.4 Å². The standard InChI is InChI=1S/C15H24O5S/c16-14(2-1-3-21(17,18)19)20-10-15-7-11-4-12(8-15)6-13(5-11)9-15/h11-13H,1-10H2,(H,17,18,19). The Hall–Kier alpha value is -0.620. The molecule has 0 aromatic heterocycles. The fraction of sp³-hybridized carbons (Fsp3) is 0.933. The second-order valence-electron chi connectivity index (χ2n) is 7.47. The monoisotopic (exact) mass is 316 g/mol. The number of rotatable bonds is 6. The highest BCUT2D eigenvalue weighted by molar-refractivity contribution is 7.85. The number of ether oxygens (including phenoxy) is 1. The summed E-state index contributed by atoms with van der Waals surface area (Å²) in [5, 5.41) is 0. The Morgan fingerprint density at radius 1 is 1.10 bits per heavy atom. The molecule has 0 unspecified atom stereocenters. The summed E-state index contributed by atoms with van der Waals surface area (Å²) in [6, 6.07) is 0. The van der Waals surface area contributed by atoms with Gasteiger partial charge in [0, 0.05) is 11.8 Å². The first kappa shape index (κ1) is 15.3. The Balaban J connectivity index is 1.46. The third kappa shape index (κ3) is 3.77. The van der Waals surface area contributed by atoms with Crippen LogP contribution >= 0.6 is 0 Å². The molecule has 0 radical (unpaired) electrons. The number of carbonyl (C=O) groups excluding carboxylic acids is 1. The molecule has 5 nitrogen and oxygen atoms in total. The van der Waals surface area contributed by atoms with Crippen molar-refractivity contribution in [1.82, 2.24) is 0 Å². The van der Waals surface area contributed by atoms with E-state index < -0.39 is 10.1 Å². The molecule has 1 N–H and O–H groups in total. The molecule has 4 rings (SSSR count). The van der Waals surface area contributed by atoms with E-state index in [9.17, 15) is 13.2 Å². The maximum absolute atomic E-state index is 11.7. The van der Waals surface area contributed by atoms with E-state index >= 15 is 0 Å². The van der Waals surface area contributed by atoms with Crippen LogP contribution in [0.3, 0.4) is 0 Å². The molecule has 0 heterocycles. The minimum absolute atomic E-state index is 0.0617. The van der Waals surface area contributed by atoms with Crippen LogP contribution in [0, 0.1) is 23.2 Å². The second kappa shape index (κ2) is 5.54. The Labute approximate surface area is 126 Å². The van der Waals surface area contributed by atoms with E-state index in [4.69, 9.17) is 9.29 Å². The van der Waals surface area contributed by atoms with Gasteiger partial charge in [-0.15, -0.1) is 0 Å². The minimum Gasteiger partial charge on any atom is -0.465 e. The average molecular weight is 316 g/mol. The molecule has 4 bridgehead atoms. The Kier molecular flexibility index (Phi) is 4.03. The second-order valence-corrected chi connectivity index (χ2v) is 9.04. The molecule has 0 atom stereocenters. The fourth-order valence-corrected chi connectivity index (χ4v) is 5.68. The van der Waals surface area contributed by atoms with Crippen LogP contribution in [0.2, 0.25) is 0 Å². The molecule has 0 aromatic rings. The maximum Gasteiger partial charge on any atom is 0.305 e. The molecule has 0 saturated heterocycles. The average Bonchev–Trinajstić information content (AvgIpc) is 2.33. The smallest absolute Gasteiger partial charge is 0.305 e. The van der Waals surface area contributed by atoms with E-state index in [0.29, 0.717) is 6.61 Å². The molecule has 0 spiro atoms. The summed E-state index contributed by atoms with van der Waals surface area (Å²) in [4.78, 5) is 11.7. The van der Waals surface area contributed by atoms with E-state index in [1.165, 1.54) is 38.5 Å². The first-order chi connectivity index (χ1) is 9.84. The van der Waals surface area contributed by atoms with Crippen LogP contribution in [0.1, 0.15) is 51.4 Å². The van der Waals surface area contributed by atoms with Crippen LogP contribution in [0.25, 0.3) is 0 Å². The van der Waals surface area contributed by atoms with Crippen molar-refractivity contribution in [3.05, 3.63) is 0 Å². The predicted octanol–water partition coefficient (Wildman–Crippen LogP) is 2.41. The van der Waals surface area contributed by atoms with Crippen LogP contribution in [-0.2, 0) is 19.6 Å². The Morgan fingerprint density at radius 3 is 2.10 bits per heavy atom. The van der Waals surface area contributed by atoms with Crippen molar-refractivity contribution in [2.24, 2.45) is 23.2 Å². The van der Waals surface area contributed by atoms with E-state index in [-0.39, 0.29) is 30.0 Å². The summed E-state index contributed by atoms with van der Waals surface area (Å²) >= 11 is 0. The first-order valence-corrected chi connectivity index (χ1v) is 9.55. The molecule has 4 aliphatic carbocycles. The highest BCUT2D eigenvalue weighted by Crippen LogP contribution is 2.60. The number of carbonyl (C=O) groups is 1. The van der Waals surface area contributed by atoms with Gasteiger partial charge in [0.05, 0.1) is 12.4 Å². The van der Waals surface area contributed by atoms with Crippen LogP contribution in [0.15, 0.2) is 0 Å². The number of hydrogen-bond donors (Lipinski definition) is 1. The van der Waals surface area contributed by atoms with Gasteiger partial charge < -0.3 is 4.74 Å². The molecular weight excluding hydrogens is 292 g/mol. The van der Waals surface area contributed by atoms with Crippen molar-refractivity contribution < 1.29 is 22.5 Å².